The molecule has 196 valence electrons. The van der Waals surface area contributed by atoms with Crippen LogP contribution in [0.5, 0.6) is 0 Å². The third kappa shape index (κ3) is 163. The number of hydrogen-bond donors (Lipinski definition) is 3. The Morgan fingerprint density at radius 1 is 0.452 bits per heavy atom. The fraction of sp³-hybridized carbons (Fsp3) is 0.615. The third-order valence-electron chi connectivity index (χ3n) is 1.85. The maximum absolute atomic E-state index is 9.58. The van der Waals surface area contributed by atoms with E-state index in [-0.39, 0.29) is 41.6 Å². The smallest absolute Gasteiger partial charge is 0.154 e. The van der Waals surface area contributed by atoms with Crippen LogP contribution in [0.4, 0.5) is 52.7 Å². The zero-order valence-corrected chi connectivity index (χ0v) is 18.4. The van der Waals surface area contributed by atoms with Crippen molar-refractivity contribution in [2.45, 2.75) is 0 Å². The van der Waals surface area contributed by atoms with E-state index < -0.39 is 26.7 Å². The summed E-state index contributed by atoms with van der Waals surface area (Å²) in [4.78, 5) is 0. The van der Waals surface area contributed by atoms with Crippen molar-refractivity contribution < 1.29 is 74.4 Å². The molecule has 1 aliphatic heterocycles. The average Bonchev–Trinajstić information content (AvgIpc) is 2.45. The number of rotatable bonds is 0. The molecule has 31 heavy (non-hydrogen) atoms. The SMILES string of the molecule is C1CNCCNCCNCC[N-]1.Cl.F[C-](F)F.F[C-](F)F.F[C-](F)F.F[C-](F)F.[CH3-].[Ti]. The molecule has 1 aliphatic rings. The van der Waals surface area contributed by atoms with Crippen LogP contribution in [0.25, 0.3) is 5.32 Å². The van der Waals surface area contributed by atoms with E-state index in [0.717, 1.165) is 52.4 Å². The molecule has 0 spiro atoms. The minimum Gasteiger partial charge on any atom is -0.660 e. The van der Waals surface area contributed by atoms with E-state index in [0.29, 0.717) is 0 Å². The fourth-order valence-corrected chi connectivity index (χ4v) is 1.16. The summed E-state index contributed by atoms with van der Waals surface area (Å²) >= 11 is 0. The van der Waals surface area contributed by atoms with Gasteiger partial charge < -0.3 is 81.4 Å². The average molecular weight is 547 g/mol. The van der Waals surface area contributed by atoms with E-state index in [4.69, 9.17) is 0 Å². The number of nitrogens with zero attached hydrogens (tertiary/aromatic N) is 1. The summed E-state index contributed by atoms with van der Waals surface area (Å²) < 4.78 is 115. The van der Waals surface area contributed by atoms with Gasteiger partial charge >= 0.3 is 0 Å². The van der Waals surface area contributed by atoms with Crippen molar-refractivity contribution in [2.75, 3.05) is 52.4 Å². The van der Waals surface area contributed by atoms with E-state index in [1.165, 1.54) is 0 Å². The zero-order chi connectivity index (χ0) is 22.8. The summed E-state index contributed by atoms with van der Waals surface area (Å²) in [6.07, 6.45) is 0. The van der Waals surface area contributed by atoms with Crippen molar-refractivity contribution in [2.24, 2.45) is 0 Å². The molecule has 1 fully saturated rings. The van der Waals surface area contributed by atoms with Crippen LogP contribution in [0.3, 0.4) is 0 Å². The molecule has 18 heteroatoms. The zero-order valence-electron chi connectivity index (χ0n) is 16.0. The Hall–Kier alpha value is 0.00429. The van der Waals surface area contributed by atoms with Gasteiger partial charge in [-0.15, -0.1) is 25.5 Å². The van der Waals surface area contributed by atoms with Crippen molar-refractivity contribution in [1.29, 1.82) is 0 Å². The van der Waals surface area contributed by atoms with E-state index >= 15 is 0 Å². The molecule has 0 radical (unpaired) electrons. The second kappa shape index (κ2) is 43.8. The molecule has 4 nitrogen and oxygen atoms in total. The molecule has 1 heterocycles. The van der Waals surface area contributed by atoms with Crippen LogP contribution in [0.15, 0.2) is 0 Å². The summed E-state index contributed by atoms with van der Waals surface area (Å²) in [5, 5.41) is 14.4. The first-order chi connectivity index (χ1) is 12.9. The van der Waals surface area contributed by atoms with Gasteiger partial charge in [0.25, 0.3) is 0 Å². The molecule has 3 N–H and O–H groups in total. The molecule has 0 aromatic heterocycles. The Morgan fingerprint density at radius 3 is 0.806 bits per heavy atom. The third-order valence-corrected chi connectivity index (χ3v) is 1.85. The van der Waals surface area contributed by atoms with Crippen LogP contribution >= 0.6 is 12.4 Å². The van der Waals surface area contributed by atoms with E-state index in [2.05, 4.69) is 21.3 Å². The summed E-state index contributed by atoms with van der Waals surface area (Å²) in [6, 6.07) is 0. The van der Waals surface area contributed by atoms with Crippen LogP contribution in [-0.2, 0) is 21.7 Å². The van der Waals surface area contributed by atoms with Gasteiger partial charge in [0.2, 0.25) is 0 Å². The topological polar surface area (TPSA) is 50.2 Å². The Morgan fingerprint density at radius 2 is 0.613 bits per heavy atom. The molecule has 0 saturated carbocycles. The molecule has 0 amide bonds. The molecule has 0 bridgehead atoms. The van der Waals surface area contributed by atoms with Crippen LogP contribution in [0, 0.1) is 34.1 Å². The number of nitrogens with one attached hydrogen (secondary N) is 3. The van der Waals surface area contributed by atoms with Gasteiger partial charge in [0.15, 0.2) is 26.7 Å². The van der Waals surface area contributed by atoms with E-state index in [9.17, 15) is 52.7 Å². The van der Waals surface area contributed by atoms with Crippen LogP contribution in [0.1, 0.15) is 0 Å². The summed E-state index contributed by atoms with van der Waals surface area (Å²) in [5.74, 6) is 0. The van der Waals surface area contributed by atoms with Gasteiger partial charge in [0, 0.05) is 47.9 Å². The first kappa shape index (κ1) is 48.4. The van der Waals surface area contributed by atoms with E-state index in [1.54, 1.807) is 0 Å². The van der Waals surface area contributed by atoms with Crippen molar-refractivity contribution in [3.8, 4) is 0 Å². The molecule has 0 aromatic rings. The molecule has 0 aromatic carbocycles. The summed E-state index contributed by atoms with van der Waals surface area (Å²) in [6.45, 7) is -4.19. The van der Waals surface area contributed by atoms with Crippen molar-refractivity contribution >= 4 is 12.4 Å². The van der Waals surface area contributed by atoms with Crippen LogP contribution in [-0.4, -0.2) is 52.4 Å². The second-order valence-corrected chi connectivity index (χ2v) is 3.78. The first-order valence-electron chi connectivity index (χ1n) is 7.02. The number of hydrogen-bond acceptors (Lipinski definition) is 3. The molecule has 1 rings (SSSR count). The van der Waals surface area contributed by atoms with Gasteiger partial charge in [-0.25, -0.2) is 0 Å². The van der Waals surface area contributed by atoms with Crippen molar-refractivity contribution in [1.82, 2.24) is 16.0 Å². The Bertz CT molecular complexity index is 188. The van der Waals surface area contributed by atoms with E-state index in [1.807, 2.05) is 0 Å². The predicted molar refractivity (Wildman–Crippen MR) is 91.6 cm³/mol. The second-order valence-electron chi connectivity index (χ2n) is 3.78. The Labute approximate surface area is 194 Å². The molecule has 0 unspecified atom stereocenters. The predicted octanol–water partition coefficient (Wildman–Crippen LogP) is 5.38. The Kier molecular flexibility index (Phi) is 68.5. The van der Waals surface area contributed by atoms with Gasteiger partial charge in [0.1, 0.15) is 0 Å². The number of halogens is 13. The monoisotopic (exact) mass is 546 g/mol. The Balaban J connectivity index is -0.0000000516. The fourth-order valence-electron chi connectivity index (χ4n) is 1.16. The van der Waals surface area contributed by atoms with Gasteiger partial charge in [-0.2, -0.15) is 0 Å². The maximum Gasteiger partial charge on any atom is 0.154 e. The minimum absolute atomic E-state index is 0. The van der Waals surface area contributed by atoms with Crippen LogP contribution in [0.2, 0.25) is 0 Å². The van der Waals surface area contributed by atoms with Gasteiger partial charge in [-0.05, 0) is 13.1 Å². The largest absolute Gasteiger partial charge is 0.660 e. The molecular formula is C13H23ClF12N4Ti-6. The van der Waals surface area contributed by atoms with Gasteiger partial charge in [0.05, 0.1) is 0 Å². The van der Waals surface area contributed by atoms with Crippen molar-refractivity contribution in [3.63, 3.8) is 0 Å². The first-order valence-corrected chi connectivity index (χ1v) is 7.02. The molecule has 1 saturated heterocycles. The normalized spacial score (nSPS) is 13.9. The summed E-state index contributed by atoms with van der Waals surface area (Å²) in [7, 11) is 0. The minimum atomic E-state index is -3.08. The standard InChI is InChI=1S/C8H19N4.4CF3.CH3.ClH.Ti/c1-2-10-5-6-12-8-7-11-4-3-9-1;4*2-1(3)4;;;/h9-11H,1-8H2;;;;;1H3;1H;/q6*-1;;. The maximum atomic E-state index is 9.58. The van der Waals surface area contributed by atoms with Crippen LogP contribution < -0.4 is 16.0 Å². The molecule has 0 aliphatic carbocycles. The quantitative estimate of drug-likeness (QED) is 0.217. The van der Waals surface area contributed by atoms with Gasteiger partial charge in [-0.1, -0.05) is 0 Å². The van der Waals surface area contributed by atoms with Gasteiger partial charge in [-0.3, -0.25) is 0 Å². The summed E-state index contributed by atoms with van der Waals surface area (Å²) in [5.41, 5.74) is 0. The van der Waals surface area contributed by atoms with Crippen molar-refractivity contribution in [3.05, 3.63) is 39.5 Å². The molecule has 0 atom stereocenters. The molecular weight excluding hydrogens is 523 g/mol.